The summed E-state index contributed by atoms with van der Waals surface area (Å²) in [5.74, 6) is 0.496. The molecule has 2 aromatic rings. The van der Waals surface area contributed by atoms with Crippen molar-refractivity contribution in [3.8, 4) is 0 Å². The lowest BCUT2D eigenvalue weighted by atomic mass is 9.97. The molecule has 6 heteroatoms. The molecule has 0 saturated carbocycles. The lowest BCUT2D eigenvalue weighted by Crippen LogP contribution is -2.39. The van der Waals surface area contributed by atoms with Crippen LogP contribution in [-0.2, 0) is 17.6 Å². The molecule has 1 saturated heterocycles. The largest absolute Gasteiger partial charge is 0.355 e. The first-order chi connectivity index (χ1) is 14.0. The van der Waals surface area contributed by atoms with Gasteiger partial charge in [-0.25, -0.2) is 4.98 Å². The number of hydrogen-bond acceptors (Lipinski definition) is 4. The van der Waals surface area contributed by atoms with Gasteiger partial charge in [-0.3, -0.25) is 9.59 Å². The molecule has 0 spiro atoms. The van der Waals surface area contributed by atoms with Gasteiger partial charge in [0.15, 0.2) is 0 Å². The van der Waals surface area contributed by atoms with Gasteiger partial charge in [0, 0.05) is 48.8 Å². The van der Waals surface area contributed by atoms with Crippen LogP contribution >= 0.6 is 11.3 Å². The van der Waals surface area contributed by atoms with E-state index in [9.17, 15) is 9.59 Å². The highest BCUT2D eigenvalue weighted by atomic mass is 32.1. The SMILES string of the molecule is CCc1ccc(C(=O)N2CCC[C@@H](c3nc(CCNC(=O)C(C)C)cs3)C2)cc1. The average molecular weight is 414 g/mol. The Hall–Kier alpha value is -2.21. The average Bonchev–Trinajstić information content (AvgIpc) is 3.22. The van der Waals surface area contributed by atoms with E-state index in [0.717, 1.165) is 55.0 Å². The normalized spacial score (nSPS) is 16.8. The molecule has 1 aromatic carbocycles. The summed E-state index contributed by atoms with van der Waals surface area (Å²) >= 11 is 1.67. The van der Waals surface area contributed by atoms with Crippen LogP contribution in [0, 0.1) is 5.92 Å². The first-order valence-electron chi connectivity index (χ1n) is 10.6. The van der Waals surface area contributed by atoms with Crippen LogP contribution < -0.4 is 5.32 Å². The van der Waals surface area contributed by atoms with Gasteiger partial charge in [0.2, 0.25) is 5.91 Å². The molecule has 1 fully saturated rings. The smallest absolute Gasteiger partial charge is 0.253 e. The number of hydrogen-bond donors (Lipinski definition) is 1. The zero-order valence-corrected chi connectivity index (χ0v) is 18.4. The van der Waals surface area contributed by atoms with Crippen LogP contribution in [0.4, 0.5) is 0 Å². The molecule has 0 aliphatic carbocycles. The molecule has 0 radical (unpaired) electrons. The van der Waals surface area contributed by atoms with Crippen LogP contribution in [0.2, 0.25) is 0 Å². The quantitative estimate of drug-likeness (QED) is 0.745. The molecule has 1 N–H and O–H groups in total. The molecule has 1 aliphatic rings. The van der Waals surface area contributed by atoms with Crippen molar-refractivity contribution in [2.24, 2.45) is 5.92 Å². The fraction of sp³-hybridized carbons (Fsp3) is 0.522. The third-order valence-electron chi connectivity index (χ3n) is 5.44. The van der Waals surface area contributed by atoms with Crippen LogP contribution in [0.1, 0.15) is 66.2 Å². The maximum Gasteiger partial charge on any atom is 0.253 e. The van der Waals surface area contributed by atoms with Crippen LogP contribution in [0.5, 0.6) is 0 Å². The Morgan fingerprint density at radius 1 is 1.28 bits per heavy atom. The first-order valence-corrected chi connectivity index (χ1v) is 11.5. The summed E-state index contributed by atoms with van der Waals surface area (Å²) < 4.78 is 0. The van der Waals surface area contributed by atoms with E-state index in [2.05, 4.69) is 17.6 Å². The molecule has 156 valence electrons. The molecule has 3 rings (SSSR count). The number of carbonyl (C=O) groups excluding carboxylic acids is 2. The predicted octanol–water partition coefficient (Wildman–Crippen LogP) is 4.04. The number of thiazole rings is 1. The van der Waals surface area contributed by atoms with E-state index in [1.165, 1.54) is 5.56 Å². The third kappa shape index (κ3) is 5.66. The van der Waals surface area contributed by atoms with E-state index in [4.69, 9.17) is 4.98 Å². The second-order valence-corrected chi connectivity index (χ2v) is 8.90. The highest BCUT2D eigenvalue weighted by Crippen LogP contribution is 2.30. The summed E-state index contributed by atoms with van der Waals surface area (Å²) in [5.41, 5.74) is 3.04. The predicted molar refractivity (Wildman–Crippen MR) is 117 cm³/mol. The van der Waals surface area contributed by atoms with Crippen LogP contribution in [-0.4, -0.2) is 41.3 Å². The number of likely N-dealkylation sites (tertiary alicyclic amines) is 1. The molecule has 0 unspecified atom stereocenters. The van der Waals surface area contributed by atoms with Crippen molar-refractivity contribution < 1.29 is 9.59 Å². The summed E-state index contributed by atoms with van der Waals surface area (Å²) in [6.45, 7) is 8.06. The van der Waals surface area contributed by atoms with Crippen LogP contribution in [0.15, 0.2) is 29.6 Å². The van der Waals surface area contributed by atoms with Crippen LogP contribution in [0.3, 0.4) is 0 Å². The monoisotopic (exact) mass is 413 g/mol. The molecule has 0 bridgehead atoms. The summed E-state index contributed by atoms with van der Waals surface area (Å²) in [6.07, 6.45) is 3.79. The highest BCUT2D eigenvalue weighted by molar-refractivity contribution is 7.09. The number of carbonyl (C=O) groups is 2. The Labute approximate surface area is 177 Å². The fourth-order valence-electron chi connectivity index (χ4n) is 3.57. The lowest BCUT2D eigenvalue weighted by Gasteiger charge is -2.32. The molecule has 1 aliphatic heterocycles. The van der Waals surface area contributed by atoms with Crippen molar-refractivity contribution in [3.05, 3.63) is 51.5 Å². The number of benzene rings is 1. The number of nitrogens with one attached hydrogen (secondary N) is 1. The second kappa shape index (κ2) is 10.0. The molecule has 5 nitrogen and oxygen atoms in total. The van der Waals surface area contributed by atoms with Crippen molar-refractivity contribution in [2.45, 2.75) is 52.4 Å². The number of aromatic nitrogens is 1. The van der Waals surface area contributed by atoms with Crippen molar-refractivity contribution in [2.75, 3.05) is 19.6 Å². The first kappa shape index (κ1) is 21.5. The number of rotatable bonds is 7. The third-order valence-corrected chi connectivity index (χ3v) is 6.50. The van der Waals surface area contributed by atoms with Crippen molar-refractivity contribution in [1.29, 1.82) is 0 Å². The van der Waals surface area contributed by atoms with Gasteiger partial charge >= 0.3 is 0 Å². The Bertz CT molecular complexity index is 829. The summed E-state index contributed by atoms with van der Waals surface area (Å²) in [6, 6.07) is 7.97. The Kier molecular flexibility index (Phi) is 7.42. The van der Waals surface area contributed by atoms with Gasteiger partial charge in [0.1, 0.15) is 0 Å². The molecule has 29 heavy (non-hydrogen) atoms. The van der Waals surface area contributed by atoms with E-state index in [-0.39, 0.29) is 17.7 Å². The second-order valence-electron chi connectivity index (χ2n) is 8.01. The van der Waals surface area contributed by atoms with Crippen LogP contribution in [0.25, 0.3) is 0 Å². The lowest BCUT2D eigenvalue weighted by molar-refractivity contribution is -0.123. The molecule has 2 amide bonds. The number of nitrogens with zero attached hydrogens (tertiary/aromatic N) is 2. The van der Waals surface area contributed by atoms with Gasteiger partial charge in [-0.2, -0.15) is 0 Å². The maximum absolute atomic E-state index is 12.9. The van der Waals surface area contributed by atoms with Crippen molar-refractivity contribution >= 4 is 23.2 Å². The molecule has 1 atom stereocenters. The Morgan fingerprint density at radius 2 is 2.03 bits per heavy atom. The van der Waals surface area contributed by atoms with Gasteiger partial charge < -0.3 is 10.2 Å². The van der Waals surface area contributed by atoms with E-state index in [1.807, 2.05) is 43.0 Å². The zero-order chi connectivity index (χ0) is 20.8. The molecule has 1 aromatic heterocycles. The van der Waals surface area contributed by atoms with Gasteiger partial charge in [-0.1, -0.05) is 32.9 Å². The maximum atomic E-state index is 12.9. The summed E-state index contributed by atoms with van der Waals surface area (Å²) in [7, 11) is 0. The van der Waals surface area contributed by atoms with Gasteiger partial charge in [0.05, 0.1) is 10.7 Å². The molecular weight excluding hydrogens is 382 g/mol. The van der Waals surface area contributed by atoms with Crippen molar-refractivity contribution in [3.63, 3.8) is 0 Å². The highest BCUT2D eigenvalue weighted by Gasteiger charge is 2.27. The number of amides is 2. The minimum Gasteiger partial charge on any atom is -0.355 e. The Balaban J connectivity index is 1.57. The van der Waals surface area contributed by atoms with E-state index >= 15 is 0 Å². The molecule has 2 heterocycles. The zero-order valence-electron chi connectivity index (χ0n) is 17.6. The van der Waals surface area contributed by atoms with E-state index in [1.54, 1.807) is 11.3 Å². The minimum absolute atomic E-state index is 0.00456. The van der Waals surface area contributed by atoms with Gasteiger partial charge in [-0.15, -0.1) is 11.3 Å². The Morgan fingerprint density at radius 3 is 2.72 bits per heavy atom. The van der Waals surface area contributed by atoms with Gasteiger partial charge in [0.25, 0.3) is 5.91 Å². The van der Waals surface area contributed by atoms with E-state index < -0.39 is 0 Å². The molecular formula is C23H31N3O2S. The van der Waals surface area contributed by atoms with Gasteiger partial charge in [-0.05, 0) is 37.0 Å². The van der Waals surface area contributed by atoms with E-state index in [0.29, 0.717) is 12.5 Å². The number of piperidine rings is 1. The van der Waals surface area contributed by atoms with Crippen molar-refractivity contribution in [1.82, 2.24) is 15.2 Å². The fourth-order valence-corrected chi connectivity index (χ4v) is 4.55. The standard InChI is InChI=1S/C23H31N3O2S/c1-4-17-7-9-18(10-8-17)23(28)26-13-5-6-19(14-26)22-25-20(15-29-22)11-12-24-21(27)16(2)3/h7-10,15-16,19H,4-6,11-14H2,1-3H3,(H,24,27)/t19-/m1/s1. The summed E-state index contributed by atoms with van der Waals surface area (Å²) in [4.78, 5) is 31.3. The number of aryl methyl sites for hydroxylation is 1. The summed E-state index contributed by atoms with van der Waals surface area (Å²) in [5, 5.41) is 6.13. The minimum atomic E-state index is 0.00456. The topological polar surface area (TPSA) is 62.3 Å².